The number of aromatic nitrogens is 2. The van der Waals surface area contributed by atoms with Gasteiger partial charge in [-0.1, -0.05) is 0 Å². The summed E-state index contributed by atoms with van der Waals surface area (Å²) in [5.74, 6) is 0. The number of nitrogens with zero attached hydrogens (tertiary/aromatic N) is 2. The van der Waals surface area contributed by atoms with E-state index >= 15 is 0 Å². The zero-order valence-electron chi connectivity index (χ0n) is 9.40. The lowest BCUT2D eigenvalue weighted by molar-refractivity contribution is -0.693. The van der Waals surface area contributed by atoms with Crippen molar-refractivity contribution in [1.82, 2.24) is 4.57 Å². The number of rotatable bonds is 2. The Morgan fingerprint density at radius 2 is 1.82 bits per heavy atom. The minimum atomic E-state index is -5.59. The smallest absolute Gasteiger partial charge is 0.479 e. The Kier molecular flexibility index (Phi) is 5.62. The predicted molar refractivity (Wildman–Crippen MR) is 55.3 cm³/mol. The van der Waals surface area contributed by atoms with Gasteiger partial charge in [0.15, 0.2) is 10.0 Å². The first-order valence-corrected chi connectivity index (χ1v) is 6.20. The molecule has 0 saturated heterocycles. The molecule has 17 heavy (non-hydrogen) atoms. The van der Waals surface area contributed by atoms with Crippen LogP contribution >= 0.6 is 0 Å². The van der Waals surface area contributed by atoms with E-state index in [1.54, 1.807) is 0 Å². The molecule has 0 unspecified atom stereocenters. The monoisotopic (exact) mass is 273 g/mol. The molecule has 0 spiro atoms. The van der Waals surface area contributed by atoms with Crippen LogP contribution in [0, 0.1) is 0 Å². The van der Waals surface area contributed by atoms with Crippen molar-refractivity contribution in [2.75, 3.05) is 0 Å². The molecule has 0 fully saturated rings. The minimum Gasteiger partial charge on any atom is -0.556 e. The van der Waals surface area contributed by atoms with Crippen molar-refractivity contribution >= 4 is 10.0 Å². The molecule has 0 saturated carbocycles. The molecule has 5 nitrogen and oxygen atoms in total. The maximum absolute atomic E-state index is 10.8. The van der Waals surface area contributed by atoms with E-state index in [-0.39, 0.29) is 0 Å². The summed E-state index contributed by atoms with van der Waals surface area (Å²) in [6.45, 7) is 6.40. The summed E-state index contributed by atoms with van der Waals surface area (Å²) in [6.07, 6.45) is 6.28. The van der Waals surface area contributed by atoms with Crippen LogP contribution in [0.5, 0.6) is 0 Å². The number of imidazole rings is 1. The molecule has 1 N–H and O–H groups in total. The fraction of sp³-hybridized carbons (Fsp3) is 0.625. The largest absolute Gasteiger partial charge is 0.556 e. The predicted octanol–water partition coefficient (Wildman–Crippen LogP) is 1.70. The van der Waals surface area contributed by atoms with E-state index in [9.17, 15) is 21.6 Å². The summed E-state index contributed by atoms with van der Waals surface area (Å²) in [6, 6.07) is 0. The Hall–Kier alpha value is -1.09. The molecule has 0 radical (unpaired) electrons. The van der Waals surface area contributed by atoms with E-state index in [1.165, 1.54) is 0 Å². The van der Waals surface area contributed by atoms with Gasteiger partial charge >= 0.3 is 5.51 Å². The summed E-state index contributed by atoms with van der Waals surface area (Å²) >= 11 is 0. The molecule has 1 aromatic rings. The molecule has 1 rings (SSSR count). The molecule has 1 heterocycles. The minimum absolute atomic E-state index is 1.06. The average Bonchev–Trinajstić information content (AvgIpc) is 2.63. The Morgan fingerprint density at radius 3 is 2.00 bits per heavy atom. The van der Waals surface area contributed by atoms with E-state index < -0.39 is 15.5 Å². The fourth-order valence-electron chi connectivity index (χ4n) is 0.813. The van der Waals surface area contributed by atoms with Crippen molar-refractivity contribution in [2.45, 2.75) is 32.4 Å². The molecule has 0 aliphatic rings. The van der Waals surface area contributed by atoms with Crippen molar-refractivity contribution in [3.63, 3.8) is 0 Å². The molecule has 0 aromatic carbocycles. The maximum Gasteiger partial charge on any atom is 0.479 e. The van der Waals surface area contributed by atoms with E-state index in [2.05, 4.69) is 41.7 Å². The quantitative estimate of drug-likeness (QED) is 0.770. The lowest BCUT2D eigenvalue weighted by Crippen LogP contribution is -2.28. The van der Waals surface area contributed by atoms with Crippen molar-refractivity contribution in [3.8, 4) is 0 Å². The third kappa shape index (κ3) is 5.68. The number of sulfonamides is 1. The normalized spacial score (nSPS) is 11.9. The Bertz CT molecular complexity index is 421. The van der Waals surface area contributed by atoms with Gasteiger partial charge in [-0.2, -0.15) is 13.2 Å². The van der Waals surface area contributed by atoms with Crippen molar-refractivity contribution in [1.29, 1.82) is 0 Å². The van der Waals surface area contributed by atoms with Gasteiger partial charge in [0.2, 0.25) is 6.33 Å². The van der Waals surface area contributed by atoms with Gasteiger partial charge in [0.25, 0.3) is 0 Å². The highest BCUT2D eigenvalue weighted by Gasteiger charge is 2.36. The van der Waals surface area contributed by atoms with Crippen molar-refractivity contribution < 1.29 is 26.2 Å². The summed E-state index contributed by atoms with van der Waals surface area (Å²) in [4.78, 5) is 0. The van der Waals surface area contributed by atoms with Crippen molar-refractivity contribution in [3.05, 3.63) is 23.9 Å². The average molecular weight is 273 g/mol. The van der Waals surface area contributed by atoms with Crippen LogP contribution in [0.2, 0.25) is 0 Å². The molecular weight excluding hydrogens is 259 g/mol. The van der Waals surface area contributed by atoms with Crippen LogP contribution in [0.15, 0.2) is 18.7 Å². The number of alkyl halides is 3. The second kappa shape index (κ2) is 6.01. The van der Waals surface area contributed by atoms with Crippen LogP contribution in [-0.2, 0) is 23.1 Å². The summed E-state index contributed by atoms with van der Waals surface area (Å²) in [7, 11) is -5.59. The molecule has 100 valence electrons. The van der Waals surface area contributed by atoms with Gasteiger partial charge in [0.1, 0.15) is 12.4 Å². The zero-order chi connectivity index (χ0) is 13.7. The number of hydrogen-bond donors (Lipinski definition) is 0. The number of nitrogens with one attached hydrogen (secondary N) is 1. The lowest BCUT2D eigenvalue weighted by atomic mass is 10.7. The van der Waals surface area contributed by atoms with Crippen LogP contribution in [0.25, 0.3) is 5.14 Å². The van der Waals surface area contributed by atoms with E-state index in [0.29, 0.717) is 0 Å². The molecule has 0 aliphatic carbocycles. The first-order valence-electron chi connectivity index (χ1n) is 4.72. The van der Waals surface area contributed by atoms with Gasteiger partial charge in [-0.25, -0.2) is 17.6 Å². The number of aryl methyl sites for hydroxylation is 2. The van der Waals surface area contributed by atoms with Crippen LogP contribution in [0.4, 0.5) is 13.2 Å². The number of hydrogen-bond acceptors (Lipinski definition) is 2. The van der Waals surface area contributed by atoms with E-state index in [0.717, 1.165) is 13.1 Å². The fourth-order valence-corrected chi connectivity index (χ4v) is 0.813. The lowest BCUT2D eigenvalue weighted by Gasteiger charge is -2.07. The SMILES string of the molecule is CCn1cc[n+](CC)c1.[NH-]S(=O)(=O)C(F)(F)F. The number of halogens is 3. The van der Waals surface area contributed by atoms with Gasteiger partial charge in [-0.15, -0.1) is 0 Å². The second-order valence-corrected chi connectivity index (χ2v) is 4.49. The molecule has 1 aromatic heterocycles. The van der Waals surface area contributed by atoms with Crippen LogP contribution < -0.4 is 4.57 Å². The van der Waals surface area contributed by atoms with Crippen molar-refractivity contribution in [2.24, 2.45) is 0 Å². The Morgan fingerprint density at radius 1 is 1.35 bits per heavy atom. The Labute approximate surface area is 97.7 Å². The Balaban J connectivity index is 0.000000304. The molecule has 0 bridgehead atoms. The van der Waals surface area contributed by atoms with Gasteiger partial charge in [0, 0.05) is 0 Å². The maximum atomic E-state index is 10.8. The van der Waals surface area contributed by atoms with Gasteiger partial charge < -0.3 is 5.14 Å². The standard InChI is InChI=1S/C7H13N2.CHF3NO2S/c1-3-8-5-6-9(4-2)7-8;2-1(3,4)8(5,6)7/h5-7H,3-4H2,1-2H3;(H-,5,6,7)/q+1;-1. The molecular formula is C8H14F3N3O2S. The van der Waals surface area contributed by atoms with E-state index in [4.69, 9.17) is 5.14 Å². The first-order chi connectivity index (χ1) is 7.61. The molecule has 0 atom stereocenters. The van der Waals surface area contributed by atoms with Crippen LogP contribution in [0.3, 0.4) is 0 Å². The van der Waals surface area contributed by atoms with E-state index in [1.807, 2.05) is 0 Å². The van der Waals surface area contributed by atoms with Gasteiger partial charge in [-0.05, 0) is 13.8 Å². The van der Waals surface area contributed by atoms with Crippen LogP contribution in [-0.4, -0.2) is 18.5 Å². The molecule has 0 amide bonds. The first kappa shape index (κ1) is 15.9. The van der Waals surface area contributed by atoms with Crippen LogP contribution in [0.1, 0.15) is 13.8 Å². The summed E-state index contributed by atoms with van der Waals surface area (Å²) in [5, 5.41) is 5.43. The summed E-state index contributed by atoms with van der Waals surface area (Å²) < 4.78 is 55.1. The topological polar surface area (TPSA) is 66.8 Å². The van der Waals surface area contributed by atoms with Gasteiger partial charge in [0.05, 0.1) is 13.1 Å². The third-order valence-electron chi connectivity index (χ3n) is 1.78. The highest BCUT2D eigenvalue weighted by Crippen LogP contribution is 2.22. The molecule has 9 heteroatoms. The zero-order valence-corrected chi connectivity index (χ0v) is 10.2. The van der Waals surface area contributed by atoms with Gasteiger partial charge in [-0.3, -0.25) is 0 Å². The second-order valence-electron chi connectivity index (χ2n) is 3.02. The highest BCUT2D eigenvalue weighted by atomic mass is 32.2. The molecule has 0 aliphatic heterocycles. The third-order valence-corrected chi connectivity index (χ3v) is 2.39. The summed E-state index contributed by atoms with van der Waals surface area (Å²) in [5.41, 5.74) is -5.42. The highest BCUT2D eigenvalue weighted by molar-refractivity contribution is 7.93.